The van der Waals surface area contributed by atoms with Crippen LogP contribution in [-0.2, 0) is 17.3 Å². The summed E-state index contributed by atoms with van der Waals surface area (Å²) in [6.45, 7) is 2.64. The molecule has 0 saturated carbocycles. The highest BCUT2D eigenvalue weighted by atomic mass is 19.4. The Bertz CT molecular complexity index is 1220. The summed E-state index contributed by atoms with van der Waals surface area (Å²) in [5, 5.41) is 26.1. The molecule has 182 valence electrons. The molecule has 3 aromatic rings. The van der Waals surface area contributed by atoms with Crippen molar-refractivity contribution < 1.29 is 27.9 Å². The lowest BCUT2D eigenvalue weighted by atomic mass is 9.97. The van der Waals surface area contributed by atoms with E-state index < -0.39 is 29.3 Å². The Labute approximate surface area is 191 Å². The quantitative estimate of drug-likeness (QED) is 0.406. The van der Waals surface area contributed by atoms with Gasteiger partial charge in [0.15, 0.2) is 17.6 Å². The lowest BCUT2D eigenvalue weighted by Gasteiger charge is -2.27. The second kappa shape index (κ2) is 9.06. The maximum atomic E-state index is 13.4. The van der Waals surface area contributed by atoms with Crippen LogP contribution in [0.15, 0.2) is 24.3 Å². The first-order chi connectivity index (χ1) is 16.1. The van der Waals surface area contributed by atoms with Crippen molar-refractivity contribution in [1.82, 2.24) is 14.6 Å². The van der Waals surface area contributed by atoms with E-state index in [2.05, 4.69) is 10.1 Å². The fraction of sp³-hybridized carbons (Fsp3) is 0.429. The second-order valence-electron chi connectivity index (χ2n) is 8.03. The van der Waals surface area contributed by atoms with Gasteiger partial charge in [0.1, 0.15) is 5.69 Å². The predicted octanol–water partition coefficient (Wildman–Crippen LogP) is 2.38. The van der Waals surface area contributed by atoms with E-state index in [-0.39, 0.29) is 34.7 Å². The zero-order valence-corrected chi connectivity index (χ0v) is 18.2. The molecule has 13 heteroatoms. The molecule has 0 spiro atoms. The van der Waals surface area contributed by atoms with Crippen molar-refractivity contribution in [1.29, 1.82) is 0 Å². The molecule has 3 heterocycles. The average Bonchev–Trinajstić information content (AvgIpc) is 3.13. The average molecular weight is 480 g/mol. The number of anilines is 2. The van der Waals surface area contributed by atoms with Crippen LogP contribution in [0, 0.1) is 17.0 Å². The molecule has 1 aromatic carbocycles. The van der Waals surface area contributed by atoms with Gasteiger partial charge in [0.2, 0.25) is 6.54 Å². The van der Waals surface area contributed by atoms with Crippen molar-refractivity contribution in [2.75, 3.05) is 43.5 Å². The number of morpholine rings is 1. The molecular formula is C21H23F3N6O4. The van der Waals surface area contributed by atoms with E-state index in [1.807, 2.05) is 4.90 Å². The Balaban J connectivity index is 1.87. The van der Waals surface area contributed by atoms with Gasteiger partial charge in [-0.3, -0.25) is 10.1 Å². The molecule has 4 rings (SSSR count). The van der Waals surface area contributed by atoms with Crippen LogP contribution in [0.2, 0.25) is 0 Å². The number of halogens is 3. The fourth-order valence-electron chi connectivity index (χ4n) is 4.06. The van der Waals surface area contributed by atoms with Gasteiger partial charge in [0.25, 0.3) is 0 Å². The van der Waals surface area contributed by atoms with Gasteiger partial charge in [-0.15, -0.1) is 5.10 Å². The van der Waals surface area contributed by atoms with Crippen molar-refractivity contribution in [2.24, 2.45) is 0 Å². The summed E-state index contributed by atoms with van der Waals surface area (Å²) in [4.78, 5) is 16.6. The number of nitrogens with zero attached hydrogens (tertiary/aromatic N) is 5. The number of aliphatic hydroxyl groups excluding tert-OH is 1. The smallest absolute Gasteiger partial charge is 0.396 e. The highest BCUT2D eigenvalue weighted by Crippen LogP contribution is 2.34. The van der Waals surface area contributed by atoms with Crippen LogP contribution in [0.25, 0.3) is 5.65 Å². The summed E-state index contributed by atoms with van der Waals surface area (Å²) in [6.07, 6.45) is -6.23. The van der Waals surface area contributed by atoms with Gasteiger partial charge in [-0.25, -0.2) is 9.50 Å². The zero-order chi connectivity index (χ0) is 24.6. The second-order valence-corrected chi connectivity index (χ2v) is 8.03. The van der Waals surface area contributed by atoms with Crippen LogP contribution in [0.3, 0.4) is 0 Å². The number of aliphatic hydroxyl groups is 1. The molecule has 3 N–H and O–H groups in total. The number of nitro groups is 1. The van der Waals surface area contributed by atoms with E-state index in [9.17, 15) is 28.4 Å². The molecule has 10 nitrogen and oxygen atoms in total. The predicted molar refractivity (Wildman–Crippen MR) is 116 cm³/mol. The van der Waals surface area contributed by atoms with E-state index in [4.69, 9.17) is 10.5 Å². The molecule has 0 amide bonds. The molecule has 1 atom stereocenters. The highest BCUT2D eigenvalue weighted by Gasteiger charge is 2.33. The van der Waals surface area contributed by atoms with E-state index >= 15 is 0 Å². The number of hydrogen-bond donors (Lipinski definition) is 2. The monoisotopic (exact) mass is 480 g/mol. The largest absolute Gasteiger partial charge is 0.416 e. The van der Waals surface area contributed by atoms with Gasteiger partial charge in [0, 0.05) is 30.5 Å². The number of fused-ring (bicyclic) bond motifs is 1. The Hall–Kier alpha value is -3.45. The van der Waals surface area contributed by atoms with Crippen LogP contribution in [-0.4, -0.2) is 57.5 Å². The van der Waals surface area contributed by atoms with Crippen LogP contribution in [0.5, 0.6) is 0 Å². The maximum absolute atomic E-state index is 13.4. The minimum Gasteiger partial charge on any atom is -0.396 e. The van der Waals surface area contributed by atoms with Crippen molar-refractivity contribution in [3.8, 4) is 0 Å². The van der Waals surface area contributed by atoms with Crippen molar-refractivity contribution in [3.63, 3.8) is 0 Å². The van der Waals surface area contributed by atoms with Crippen molar-refractivity contribution in [3.05, 3.63) is 62.5 Å². The molecular weight excluding hydrogens is 457 g/mol. The summed E-state index contributed by atoms with van der Waals surface area (Å²) in [5.41, 5.74) is 6.32. The molecule has 0 bridgehead atoms. The Morgan fingerprint density at radius 1 is 1.32 bits per heavy atom. The number of benzene rings is 1. The molecule has 0 aliphatic carbocycles. The van der Waals surface area contributed by atoms with Crippen LogP contribution < -0.4 is 10.6 Å². The van der Waals surface area contributed by atoms with Gasteiger partial charge in [-0.2, -0.15) is 13.2 Å². The molecule has 2 aromatic heterocycles. The van der Waals surface area contributed by atoms with Gasteiger partial charge >= 0.3 is 6.18 Å². The van der Waals surface area contributed by atoms with Gasteiger partial charge < -0.3 is 20.5 Å². The molecule has 0 radical (unpaired) electrons. The number of imidazole rings is 1. The van der Waals surface area contributed by atoms with Gasteiger partial charge in [-0.1, -0.05) is 12.1 Å². The first kappa shape index (κ1) is 23.7. The standard InChI is InChI=1S/C21H23F3N6O4/c1-12-13(3-2-4-14(12)21(22,23)24)9-16-19(17(31)11-29(32)33)26-20-15(25)10-18(27-30(16)20)28-5-7-34-8-6-28/h2-4,10,17,31H,5-9,11,25H2,1H3. The molecule has 34 heavy (non-hydrogen) atoms. The number of ether oxygens (including phenoxy) is 1. The SMILES string of the molecule is Cc1c(Cc2c(C(O)C[N+](=O)[O-])nc3c(N)cc(N4CCOCC4)nn23)cccc1C(F)(F)F. The third-order valence-corrected chi connectivity index (χ3v) is 5.81. The first-order valence-corrected chi connectivity index (χ1v) is 10.5. The molecule has 1 aliphatic heterocycles. The van der Waals surface area contributed by atoms with Crippen LogP contribution in [0.4, 0.5) is 24.7 Å². The van der Waals surface area contributed by atoms with E-state index in [0.29, 0.717) is 37.7 Å². The summed E-state index contributed by atoms with van der Waals surface area (Å²) in [6, 6.07) is 5.42. The summed E-state index contributed by atoms with van der Waals surface area (Å²) in [7, 11) is 0. The minimum absolute atomic E-state index is 0.0111. The molecule has 1 aliphatic rings. The summed E-state index contributed by atoms with van der Waals surface area (Å²) in [5.74, 6) is 0.503. The Morgan fingerprint density at radius 2 is 2.03 bits per heavy atom. The molecule has 1 saturated heterocycles. The lowest BCUT2D eigenvalue weighted by molar-refractivity contribution is -0.491. The lowest BCUT2D eigenvalue weighted by Crippen LogP contribution is -2.37. The Kier molecular flexibility index (Phi) is 6.32. The van der Waals surface area contributed by atoms with Crippen molar-refractivity contribution >= 4 is 17.2 Å². The summed E-state index contributed by atoms with van der Waals surface area (Å²) < 4.78 is 47.1. The zero-order valence-electron chi connectivity index (χ0n) is 18.2. The van der Waals surface area contributed by atoms with Crippen molar-refractivity contribution in [2.45, 2.75) is 25.6 Å². The third-order valence-electron chi connectivity index (χ3n) is 5.81. The van der Waals surface area contributed by atoms with Gasteiger partial charge in [-0.05, 0) is 24.1 Å². The van der Waals surface area contributed by atoms with Crippen LogP contribution in [0.1, 0.15) is 34.2 Å². The third kappa shape index (κ3) is 4.61. The molecule has 1 unspecified atom stereocenters. The fourth-order valence-corrected chi connectivity index (χ4v) is 4.06. The van der Waals surface area contributed by atoms with Crippen LogP contribution >= 0.6 is 0 Å². The topological polar surface area (TPSA) is 132 Å². The number of nitrogen functional groups attached to an aromatic ring is 1. The number of nitrogens with two attached hydrogens (primary N) is 1. The maximum Gasteiger partial charge on any atom is 0.416 e. The minimum atomic E-state index is -4.54. The first-order valence-electron chi connectivity index (χ1n) is 10.5. The van der Waals surface area contributed by atoms with E-state index in [0.717, 1.165) is 6.07 Å². The number of aromatic nitrogens is 3. The number of hydrogen-bond acceptors (Lipinski definition) is 8. The number of alkyl halides is 3. The highest BCUT2D eigenvalue weighted by molar-refractivity contribution is 5.69. The van der Waals surface area contributed by atoms with E-state index in [1.165, 1.54) is 23.6 Å². The van der Waals surface area contributed by atoms with E-state index in [1.54, 1.807) is 6.07 Å². The normalized spacial score (nSPS) is 15.6. The molecule has 1 fully saturated rings. The number of rotatable bonds is 6. The summed E-state index contributed by atoms with van der Waals surface area (Å²) >= 11 is 0. The Morgan fingerprint density at radius 3 is 2.68 bits per heavy atom. The van der Waals surface area contributed by atoms with Gasteiger partial charge in [0.05, 0.1) is 30.2 Å².